The standard InChI is InChI=1S/C18H13ClFN5O/c19-13-3-1-4-14(20)12(13)9-23-18(26)11-7-15(21-8-11)16-10-22-17-5-2-6-24-25(16)17/h1-8,10,21H,9H2,(H,23,26). The van der Waals surface area contributed by atoms with E-state index in [0.717, 1.165) is 5.69 Å². The van der Waals surface area contributed by atoms with Crippen molar-refractivity contribution in [3.63, 3.8) is 0 Å². The number of amides is 1. The molecule has 0 spiro atoms. The average molecular weight is 370 g/mol. The van der Waals surface area contributed by atoms with Crippen molar-refractivity contribution in [2.75, 3.05) is 0 Å². The third kappa shape index (κ3) is 2.93. The molecule has 2 N–H and O–H groups in total. The largest absolute Gasteiger partial charge is 0.359 e. The molecule has 0 bridgehead atoms. The highest BCUT2D eigenvalue weighted by molar-refractivity contribution is 6.31. The number of aromatic amines is 1. The van der Waals surface area contributed by atoms with Crippen LogP contribution in [0, 0.1) is 5.82 Å². The first-order valence-corrected chi connectivity index (χ1v) is 8.20. The minimum absolute atomic E-state index is 0.00201. The van der Waals surface area contributed by atoms with Crippen molar-refractivity contribution in [2.45, 2.75) is 6.54 Å². The zero-order chi connectivity index (χ0) is 18.1. The summed E-state index contributed by atoms with van der Waals surface area (Å²) in [6.07, 6.45) is 4.91. The van der Waals surface area contributed by atoms with Gasteiger partial charge in [0.2, 0.25) is 0 Å². The van der Waals surface area contributed by atoms with Crippen molar-refractivity contribution < 1.29 is 9.18 Å². The first kappa shape index (κ1) is 16.3. The van der Waals surface area contributed by atoms with Crippen LogP contribution >= 0.6 is 11.6 Å². The number of fused-ring (bicyclic) bond motifs is 1. The van der Waals surface area contributed by atoms with Crippen LogP contribution in [0.2, 0.25) is 5.02 Å². The Balaban J connectivity index is 1.53. The molecule has 130 valence electrons. The fourth-order valence-electron chi connectivity index (χ4n) is 2.66. The van der Waals surface area contributed by atoms with E-state index in [9.17, 15) is 9.18 Å². The second-order valence-corrected chi connectivity index (χ2v) is 6.03. The van der Waals surface area contributed by atoms with Crippen LogP contribution in [0.1, 0.15) is 15.9 Å². The summed E-state index contributed by atoms with van der Waals surface area (Å²) in [7, 11) is 0. The lowest BCUT2D eigenvalue weighted by molar-refractivity contribution is 0.0951. The molecular weight excluding hydrogens is 357 g/mol. The monoisotopic (exact) mass is 369 g/mol. The summed E-state index contributed by atoms with van der Waals surface area (Å²) in [5, 5.41) is 7.19. The molecule has 0 aliphatic heterocycles. The Kier molecular flexibility index (Phi) is 4.14. The van der Waals surface area contributed by atoms with E-state index in [4.69, 9.17) is 11.6 Å². The second kappa shape index (κ2) is 6.61. The van der Waals surface area contributed by atoms with Gasteiger partial charge >= 0.3 is 0 Å². The Morgan fingerprint density at radius 2 is 2.19 bits per heavy atom. The maximum atomic E-state index is 13.8. The molecule has 26 heavy (non-hydrogen) atoms. The first-order chi connectivity index (χ1) is 12.6. The number of hydrogen-bond donors (Lipinski definition) is 2. The van der Waals surface area contributed by atoms with Crippen molar-refractivity contribution in [3.8, 4) is 11.4 Å². The van der Waals surface area contributed by atoms with Gasteiger partial charge in [0, 0.05) is 29.5 Å². The first-order valence-electron chi connectivity index (χ1n) is 7.82. The van der Waals surface area contributed by atoms with Crippen LogP contribution in [0.3, 0.4) is 0 Å². The molecule has 0 unspecified atom stereocenters. The smallest absolute Gasteiger partial charge is 0.253 e. The lowest BCUT2D eigenvalue weighted by Crippen LogP contribution is -2.23. The second-order valence-electron chi connectivity index (χ2n) is 5.62. The van der Waals surface area contributed by atoms with E-state index in [0.29, 0.717) is 16.9 Å². The van der Waals surface area contributed by atoms with Gasteiger partial charge in [0.15, 0.2) is 5.65 Å². The summed E-state index contributed by atoms with van der Waals surface area (Å²) in [5.41, 5.74) is 2.81. The quantitative estimate of drug-likeness (QED) is 0.578. The number of benzene rings is 1. The summed E-state index contributed by atoms with van der Waals surface area (Å²) >= 11 is 5.97. The SMILES string of the molecule is O=C(NCc1c(F)cccc1Cl)c1c[nH]c(-c2cnc3cccnn23)c1. The summed E-state index contributed by atoms with van der Waals surface area (Å²) in [5.74, 6) is -0.794. The van der Waals surface area contributed by atoms with Crippen molar-refractivity contribution in [3.05, 3.63) is 77.0 Å². The van der Waals surface area contributed by atoms with Gasteiger partial charge in [-0.2, -0.15) is 5.10 Å². The van der Waals surface area contributed by atoms with E-state index in [2.05, 4.69) is 20.4 Å². The van der Waals surface area contributed by atoms with Gasteiger partial charge in [0.25, 0.3) is 5.91 Å². The molecule has 0 radical (unpaired) electrons. The molecule has 6 nitrogen and oxygen atoms in total. The van der Waals surface area contributed by atoms with E-state index < -0.39 is 5.82 Å². The molecule has 3 aromatic heterocycles. The lowest BCUT2D eigenvalue weighted by atomic mass is 10.2. The zero-order valence-corrected chi connectivity index (χ0v) is 14.2. The van der Waals surface area contributed by atoms with Gasteiger partial charge in [-0.05, 0) is 30.3 Å². The summed E-state index contributed by atoms with van der Waals surface area (Å²) in [4.78, 5) is 19.7. The van der Waals surface area contributed by atoms with Gasteiger partial charge in [-0.15, -0.1) is 0 Å². The molecule has 3 heterocycles. The minimum Gasteiger partial charge on any atom is -0.359 e. The molecular formula is C18H13ClFN5O. The number of halogens is 2. The third-order valence-electron chi connectivity index (χ3n) is 3.99. The van der Waals surface area contributed by atoms with Gasteiger partial charge < -0.3 is 10.3 Å². The number of carbonyl (C=O) groups is 1. The average Bonchev–Trinajstić information content (AvgIpc) is 3.28. The number of nitrogens with zero attached hydrogens (tertiary/aromatic N) is 3. The van der Waals surface area contributed by atoms with Crippen LogP contribution in [0.15, 0.2) is 55.0 Å². The van der Waals surface area contributed by atoms with Gasteiger partial charge in [-0.1, -0.05) is 17.7 Å². The van der Waals surface area contributed by atoms with Crippen LogP contribution in [-0.4, -0.2) is 25.5 Å². The Hall–Kier alpha value is -3.19. The molecule has 0 aliphatic carbocycles. The number of rotatable bonds is 4. The highest BCUT2D eigenvalue weighted by Crippen LogP contribution is 2.21. The molecule has 0 fully saturated rings. The number of aromatic nitrogens is 4. The number of hydrogen-bond acceptors (Lipinski definition) is 3. The van der Waals surface area contributed by atoms with E-state index in [1.807, 2.05) is 6.07 Å². The van der Waals surface area contributed by atoms with Crippen LogP contribution in [0.5, 0.6) is 0 Å². The van der Waals surface area contributed by atoms with Crippen molar-refractivity contribution >= 4 is 23.2 Å². The van der Waals surface area contributed by atoms with Crippen molar-refractivity contribution in [2.24, 2.45) is 0 Å². The maximum Gasteiger partial charge on any atom is 0.253 e. The maximum absolute atomic E-state index is 13.8. The van der Waals surface area contributed by atoms with E-state index in [1.165, 1.54) is 12.1 Å². The number of H-pyrrole nitrogens is 1. The zero-order valence-electron chi connectivity index (χ0n) is 13.4. The molecule has 0 saturated heterocycles. The number of imidazole rings is 1. The third-order valence-corrected chi connectivity index (χ3v) is 4.34. The van der Waals surface area contributed by atoms with Crippen molar-refractivity contribution in [1.29, 1.82) is 0 Å². The van der Waals surface area contributed by atoms with E-state index in [-0.39, 0.29) is 23.0 Å². The summed E-state index contributed by atoms with van der Waals surface area (Å²) < 4.78 is 15.5. The molecule has 0 atom stereocenters. The topological polar surface area (TPSA) is 75.1 Å². The molecule has 0 saturated carbocycles. The van der Waals surface area contributed by atoms with Crippen LogP contribution in [0.25, 0.3) is 17.0 Å². The number of carbonyl (C=O) groups excluding carboxylic acids is 1. The molecule has 4 rings (SSSR count). The molecule has 8 heteroatoms. The number of nitrogens with one attached hydrogen (secondary N) is 2. The fraction of sp³-hybridized carbons (Fsp3) is 0.0556. The van der Waals surface area contributed by atoms with Gasteiger partial charge in [0.05, 0.1) is 17.5 Å². The predicted molar refractivity (Wildman–Crippen MR) is 95.4 cm³/mol. The van der Waals surface area contributed by atoms with Gasteiger partial charge in [0.1, 0.15) is 11.5 Å². The molecule has 4 aromatic rings. The molecule has 0 aliphatic rings. The van der Waals surface area contributed by atoms with Crippen LogP contribution < -0.4 is 5.32 Å². The Morgan fingerprint density at radius 1 is 1.31 bits per heavy atom. The van der Waals surface area contributed by atoms with Crippen LogP contribution in [0.4, 0.5) is 4.39 Å². The summed E-state index contributed by atoms with van der Waals surface area (Å²) in [6, 6.07) is 9.73. The van der Waals surface area contributed by atoms with Gasteiger partial charge in [-0.25, -0.2) is 13.9 Å². The summed E-state index contributed by atoms with van der Waals surface area (Å²) in [6.45, 7) is 0.00201. The lowest BCUT2D eigenvalue weighted by Gasteiger charge is -2.07. The highest BCUT2D eigenvalue weighted by Gasteiger charge is 2.14. The Labute approximate surface area is 152 Å². The van der Waals surface area contributed by atoms with Crippen LogP contribution in [-0.2, 0) is 6.54 Å². The van der Waals surface area contributed by atoms with E-state index >= 15 is 0 Å². The Bertz CT molecular complexity index is 1080. The van der Waals surface area contributed by atoms with Gasteiger partial charge in [-0.3, -0.25) is 4.79 Å². The van der Waals surface area contributed by atoms with Crippen molar-refractivity contribution in [1.82, 2.24) is 24.9 Å². The predicted octanol–water partition coefficient (Wildman–Crippen LogP) is 3.45. The minimum atomic E-state index is -0.454. The molecule has 1 aromatic carbocycles. The normalized spacial score (nSPS) is 11.0. The van der Waals surface area contributed by atoms with E-state index in [1.54, 1.807) is 41.3 Å². The fourth-order valence-corrected chi connectivity index (χ4v) is 2.89. The Morgan fingerprint density at radius 3 is 3.04 bits per heavy atom. The molecule has 1 amide bonds. The highest BCUT2D eigenvalue weighted by atomic mass is 35.5.